The van der Waals surface area contributed by atoms with Gasteiger partial charge in [0.2, 0.25) is 0 Å². The summed E-state index contributed by atoms with van der Waals surface area (Å²) in [6.45, 7) is 4.34. The molecule has 1 aromatic rings. The van der Waals surface area contributed by atoms with Crippen LogP contribution < -0.4 is 4.90 Å². The van der Waals surface area contributed by atoms with Crippen LogP contribution in [0.1, 0.15) is 20.8 Å². The minimum Gasteiger partial charge on any atom is -0.443 e. The van der Waals surface area contributed by atoms with Gasteiger partial charge in [0.25, 0.3) is 0 Å². The number of aromatic nitrogens is 1. The second-order valence-electron chi connectivity index (χ2n) is 4.81. The number of aliphatic hydroxyl groups is 1. The molecule has 0 spiro atoms. The second kappa shape index (κ2) is 5.92. The van der Waals surface area contributed by atoms with Gasteiger partial charge in [0.1, 0.15) is 11.4 Å². The number of nitrogens with zero attached hydrogens (tertiary/aromatic N) is 2. The Balaban J connectivity index is 3.03. The van der Waals surface area contributed by atoms with Crippen LogP contribution in [0.5, 0.6) is 0 Å². The van der Waals surface area contributed by atoms with Gasteiger partial charge in [-0.1, -0.05) is 0 Å². The van der Waals surface area contributed by atoms with Crippen LogP contribution in [0.4, 0.5) is 19.4 Å². The molecule has 0 saturated carbocycles. The van der Waals surface area contributed by atoms with Crippen molar-refractivity contribution in [3.63, 3.8) is 0 Å². The minimum atomic E-state index is -1.00. The molecule has 1 amide bonds. The zero-order valence-electron chi connectivity index (χ0n) is 11.0. The minimum absolute atomic E-state index is 0.204. The van der Waals surface area contributed by atoms with Crippen molar-refractivity contribution >= 4 is 11.9 Å². The van der Waals surface area contributed by atoms with Gasteiger partial charge in [0.15, 0.2) is 11.6 Å². The number of halogens is 2. The lowest BCUT2D eigenvalue weighted by Gasteiger charge is -2.26. The Hall–Kier alpha value is -1.76. The van der Waals surface area contributed by atoms with Crippen molar-refractivity contribution in [1.82, 2.24) is 4.98 Å². The molecule has 0 aliphatic carbocycles. The highest BCUT2D eigenvalue weighted by Gasteiger charge is 2.26. The van der Waals surface area contributed by atoms with Crippen LogP contribution in [0.25, 0.3) is 0 Å². The highest BCUT2D eigenvalue weighted by molar-refractivity contribution is 5.86. The SMILES string of the molecule is CC(C)(C)OC(=O)N(CCO)c1ncc(F)cc1F. The summed E-state index contributed by atoms with van der Waals surface area (Å²) in [4.78, 5) is 16.2. The monoisotopic (exact) mass is 274 g/mol. The molecular formula is C12H16F2N2O3. The Morgan fingerprint density at radius 3 is 2.58 bits per heavy atom. The van der Waals surface area contributed by atoms with Gasteiger partial charge < -0.3 is 9.84 Å². The normalized spacial score (nSPS) is 11.3. The molecule has 0 aliphatic heterocycles. The molecular weight excluding hydrogens is 258 g/mol. The number of anilines is 1. The fourth-order valence-corrected chi connectivity index (χ4v) is 1.31. The van der Waals surface area contributed by atoms with E-state index in [0.29, 0.717) is 6.07 Å². The lowest BCUT2D eigenvalue weighted by atomic mass is 10.2. The van der Waals surface area contributed by atoms with E-state index in [0.717, 1.165) is 11.1 Å². The summed E-state index contributed by atoms with van der Waals surface area (Å²) in [6.07, 6.45) is -0.0766. The average molecular weight is 274 g/mol. The van der Waals surface area contributed by atoms with E-state index in [4.69, 9.17) is 9.84 Å². The van der Waals surface area contributed by atoms with Crippen molar-refractivity contribution in [2.45, 2.75) is 26.4 Å². The van der Waals surface area contributed by atoms with Crippen LogP contribution in [0.15, 0.2) is 12.3 Å². The van der Waals surface area contributed by atoms with Gasteiger partial charge in [0.05, 0.1) is 19.3 Å². The molecule has 1 aromatic heterocycles. The maximum Gasteiger partial charge on any atom is 0.416 e. The first kappa shape index (κ1) is 15.3. The van der Waals surface area contributed by atoms with Crippen molar-refractivity contribution < 1.29 is 23.4 Å². The van der Waals surface area contributed by atoms with Gasteiger partial charge >= 0.3 is 6.09 Å². The molecule has 1 rings (SSSR count). The van der Waals surface area contributed by atoms with Gasteiger partial charge in [-0.2, -0.15) is 0 Å². The van der Waals surface area contributed by atoms with Crippen molar-refractivity contribution in [1.29, 1.82) is 0 Å². The van der Waals surface area contributed by atoms with Crippen LogP contribution in [0.2, 0.25) is 0 Å². The number of carbonyl (C=O) groups excluding carboxylic acids is 1. The van der Waals surface area contributed by atoms with E-state index in [1.54, 1.807) is 20.8 Å². The Bertz CT molecular complexity index is 461. The first-order chi connectivity index (χ1) is 8.74. The topological polar surface area (TPSA) is 62.7 Å². The van der Waals surface area contributed by atoms with Gasteiger partial charge in [0, 0.05) is 6.07 Å². The van der Waals surface area contributed by atoms with Crippen LogP contribution in [0.3, 0.4) is 0 Å². The van der Waals surface area contributed by atoms with Crippen LogP contribution in [0, 0.1) is 11.6 Å². The molecule has 0 aromatic carbocycles. The first-order valence-electron chi connectivity index (χ1n) is 5.67. The lowest BCUT2D eigenvalue weighted by molar-refractivity contribution is 0.0570. The molecule has 0 aliphatic rings. The van der Waals surface area contributed by atoms with Gasteiger partial charge in [-0.15, -0.1) is 0 Å². The highest BCUT2D eigenvalue weighted by atomic mass is 19.1. The third-order valence-corrected chi connectivity index (χ3v) is 1.98. The molecule has 0 atom stereocenters. The summed E-state index contributed by atoms with van der Waals surface area (Å²) in [6, 6.07) is 0.608. The van der Waals surface area contributed by atoms with E-state index < -0.39 is 29.9 Å². The molecule has 1 N–H and O–H groups in total. The molecule has 0 fully saturated rings. The first-order valence-corrected chi connectivity index (χ1v) is 5.67. The second-order valence-corrected chi connectivity index (χ2v) is 4.81. The average Bonchev–Trinajstić information content (AvgIpc) is 2.24. The summed E-state index contributed by atoms with van der Waals surface area (Å²) in [5, 5.41) is 8.92. The van der Waals surface area contributed by atoms with E-state index in [-0.39, 0.29) is 12.4 Å². The fraction of sp³-hybridized carbons (Fsp3) is 0.500. The lowest BCUT2D eigenvalue weighted by Crippen LogP contribution is -2.39. The molecule has 0 bridgehead atoms. The van der Waals surface area contributed by atoms with Crippen molar-refractivity contribution in [2.24, 2.45) is 0 Å². The number of pyridine rings is 1. The van der Waals surface area contributed by atoms with Gasteiger partial charge in [-0.05, 0) is 20.8 Å². The number of amides is 1. The van der Waals surface area contributed by atoms with E-state index in [2.05, 4.69) is 4.98 Å². The van der Waals surface area contributed by atoms with Crippen LogP contribution >= 0.6 is 0 Å². The Morgan fingerprint density at radius 2 is 2.11 bits per heavy atom. The van der Waals surface area contributed by atoms with E-state index >= 15 is 0 Å². The van der Waals surface area contributed by atoms with E-state index in [1.807, 2.05) is 0 Å². The third-order valence-electron chi connectivity index (χ3n) is 1.98. The summed E-state index contributed by atoms with van der Waals surface area (Å²) in [5.41, 5.74) is -0.776. The van der Waals surface area contributed by atoms with Crippen molar-refractivity contribution in [3.05, 3.63) is 23.9 Å². The quantitative estimate of drug-likeness (QED) is 0.916. The Kier molecular flexibility index (Phi) is 4.77. The number of ether oxygens (including phenoxy) is 1. The van der Waals surface area contributed by atoms with Gasteiger partial charge in [-0.3, -0.25) is 4.90 Å². The molecule has 1 heterocycles. The zero-order valence-corrected chi connectivity index (χ0v) is 11.0. The molecule has 19 heavy (non-hydrogen) atoms. The number of hydrogen-bond donors (Lipinski definition) is 1. The maximum atomic E-state index is 13.6. The Morgan fingerprint density at radius 1 is 1.47 bits per heavy atom. The third kappa shape index (κ3) is 4.44. The summed E-state index contributed by atoms with van der Waals surface area (Å²) in [7, 11) is 0. The standard InChI is InChI=1S/C12H16F2N2O3/c1-12(2,3)19-11(18)16(4-5-17)10-9(14)6-8(13)7-15-10/h6-7,17H,4-5H2,1-3H3. The smallest absolute Gasteiger partial charge is 0.416 e. The van der Waals surface area contributed by atoms with Crippen LogP contribution in [-0.4, -0.2) is 34.9 Å². The zero-order chi connectivity index (χ0) is 14.6. The number of rotatable bonds is 3. The molecule has 7 heteroatoms. The summed E-state index contributed by atoms with van der Waals surface area (Å²) >= 11 is 0. The predicted molar refractivity (Wildman–Crippen MR) is 64.8 cm³/mol. The molecule has 5 nitrogen and oxygen atoms in total. The van der Waals surface area contributed by atoms with Crippen LogP contribution in [-0.2, 0) is 4.74 Å². The van der Waals surface area contributed by atoms with Gasteiger partial charge in [-0.25, -0.2) is 18.6 Å². The molecule has 0 unspecified atom stereocenters. The Labute approximate surface area is 109 Å². The molecule has 106 valence electrons. The van der Waals surface area contributed by atoms with E-state index in [9.17, 15) is 13.6 Å². The number of hydrogen-bond acceptors (Lipinski definition) is 4. The number of carbonyl (C=O) groups is 1. The fourth-order valence-electron chi connectivity index (χ4n) is 1.31. The summed E-state index contributed by atoms with van der Waals surface area (Å²) in [5.74, 6) is -2.24. The predicted octanol–water partition coefficient (Wildman–Crippen LogP) is 2.09. The summed E-state index contributed by atoms with van der Waals surface area (Å²) < 4.78 is 31.4. The van der Waals surface area contributed by atoms with Crippen molar-refractivity contribution in [2.75, 3.05) is 18.1 Å². The molecule has 0 radical (unpaired) electrons. The van der Waals surface area contributed by atoms with E-state index in [1.165, 1.54) is 0 Å². The number of aliphatic hydroxyl groups excluding tert-OH is 1. The van der Waals surface area contributed by atoms with Crippen molar-refractivity contribution in [3.8, 4) is 0 Å². The largest absolute Gasteiger partial charge is 0.443 e. The maximum absolute atomic E-state index is 13.6. The highest BCUT2D eigenvalue weighted by Crippen LogP contribution is 2.19. The molecule has 0 saturated heterocycles.